The highest BCUT2D eigenvalue weighted by molar-refractivity contribution is 6.10. The van der Waals surface area contributed by atoms with Gasteiger partial charge in [0, 0.05) is 29.0 Å². The first kappa shape index (κ1) is 15.1. The lowest BCUT2D eigenvalue weighted by molar-refractivity contribution is 0.100. The van der Waals surface area contributed by atoms with Gasteiger partial charge in [-0.3, -0.25) is 9.78 Å². The summed E-state index contributed by atoms with van der Waals surface area (Å²) in [5.41, 5.74) is 12.0. The highest BCUT2D eigenvalue weighted by Gasteiger charge is 2.15. The number of benzene rings is 2. The zero-order valence-corrected chi connectivity index (χ0v) is 13.8. The summed E-state index contributed by atoms with van der Waals surface area (Å²) in [6.07, 6.45) is 3.56. The number of aromatic amines is 1. The van der Waals surface area contributed by atoms with Crippen LogP contribution in [-0.4, -0.2) is 15.9 Å². The number of primary amides is 1. The third-order valence-corrected chi connectivity index (χ3v) is 4.39. The van der Waals surface area contributed by atoms with E-state index in [1.165, 1.54) is 5.56 Å². The van der Waals surface area contributed by atoms with Gasteiger partial charge in [-0.25, -0.2) is 0 Å². The molecule has 0 unspecified atom stereocenters. The van der Waals surface area contributed by atoms with Crippen molar-refractivity contribution in [2.45, 2.75) is 6.92 Å². The van der Waals surface area contributed by atoms with Crippen LogP contribution in [0, 0.1) is 6.92 Å². The van der Waals surface area contributed by atoms with Gasteiger partial charge < -0.3 is 10.7 Å². The quantitative estimate of drug-likeness (QED) is 0.589. The number of rotatable bonds is 3. The molecule has 0 aliphatic carbocycles. The van der Waals surface area contributed by atoms with Crippen molar-refractivity contribution >= 4 is 16.8 Å². The Morgan fingerprint density at radius 3 is 2.52 bits per heavy atom. The molecule has 0 spiro atoms. The Balaban J connectivity index is 1.98. The Morgan fingerprint density at radius 2 is 1.84 bits per heavy atom. The minimum atomic E-state index is -0.444. The molecular formula is C21H17N3O. The van der Waals surface area contributed by atoms with Crippen molar-refractivity contribution in [3.63, 3.8) is 0 Å². The van der Waals surface area contributed by atoms with E-state index in [0.29, 0.717) is 5.56 Å². The topological polar surface area (TPSA) is 71.8 Å². The van der Waals surface area contributed by atoms with Crippen LogP contribution in [0.15, 0.2) is 67.0 Å². The summed E-state index contributed by atoms with van der Waals surface area (Å²) in [6, 6.07) is 17.9. The molecular weight excluding hydrogens is 310 g/mol. The summed E-state index contributed by atoms with van der Waals surface area (Å²) in [5.74, 6) is -0.444. The fourth-order valence-corrected chi connectivity index (χ4v) is 3.09. The summed E-state index contributed by atoms with van der Waals surface area (Å²) >= 11 is 0. The zero-order valence-electron chi connectivity index (χ0n) is 13.8. The largest absolute Gasteiger partial charge is 0.366 e. The van der Waals surface area contributed by atoms with Gasteiger partial charge in [0.2, 0.25) is 0 Å². The van der Waals surface area contributed by atoms with Crippen molar-refractivity contribution in [3.8, 4) is 22.4 Å². The molecule has 0 fully saturated rings. The van der Waals surface area contributed by atoms with Crippen molar-refractivity contribution in [2.75, 3.05) is 0 Å². The van der Waals surface area contributed by atoms with Gasteiger partial charge in [-0.1, -0.05) is 42.0 Å². The van der Waals surface area contributed by atoms with E-state index < -0.39 is 5.91 Å². The van der Waals surface area contributed by atoms with Crippen LogP contribution in [0.4, 0.5) is 0 Å². The first-order valence-corrected chi connectivity index (χ1v) is 8.06. The predicted octanol–water partition coefficient (Wildman–Crippen LogP) is 4.30. The summed E-state index contributed by atoms with van der Waals surface area (Å²) < 4.78 is 0. The van der Waals surface area contributed by atoms with Crippen molar-refractivity contribution in [1.29, 1.82) is 0 Å². The smallest absolute Gasteiger partial charge is 0.250 e. The number of nitrogens with zero attached hydrogens (tertiary/aromatic N) is 1. The molecule has 2 heterocycles. The number of H-pyrrole nitrogens is 1. The first-order chi connectivity index (χ1) is 12.1. The molecule has 2 aromatic heterocycles. The van der Waals surface area contributed by atoms with Gasteiger partial charge in [-0.15, -0.1) is 0 Å². The van der Waals surface area contributed by atoms with Gasteiger partial charge >= 0.3 is 0 Å². The summed E-state index contributed by atoms with van der Waals surface area (Å²) in [4.78, 5) is 19.4. The second kappa shape index (κ2) is 5.91. The van der Waals surface area contributed by atoms with Crippen LogP contribution in [0.1, 0.15) is 15.9 Å². The molecule has 3 N–H and O–H groups in total. The lowest BCUT2D eigenvalue weighted by Crippen LogP contribution is -2.11. The number of amides is 1. The number of pyridine rings is 1. The molecule has 0 radical (unpaired) electrons. The second-order valence-electron chi connectivity index (χ2n) is 6.10. The second-order valence-corrected chi connectivity index (χ2v) is 6.10. The first-order valence-electron chi connectivity index (χ1n) is 8.06. The molecule has 0 saturated heterocycles. The van der Waals surface area contributed by atoms with Gasteiger partial charge in [0.05, 0.1) is 11.1 Å². The summed E-state index contributed by atoms with van der Waals surface area (Å²) in [5, 5.41) is 0.958. The molecule has 25 heavy (non-hydrogen) atoms. The lowest BCUT2D eigenvalue weighted by atomic mass is 10.00. The zero-order chi connectivity index (χ0) is 17.4. The fourth-order valence-electron chi connectivity index (χ4n) is 3.09. The fraction of sp³-hybridized carbons (Fsp3) is 0.0476. The number of nitrogens with one attached hydrogen (secondary N) is 1. The highest BCUT2D eigenvalue weighted by atomic mass is 16.1. The van der Waals surface area contributed by atoms with Crippen LogP contribution >= 0.6 is 0 Å². The predicted molar refractivity (Wildman–Crippen MR) is 100 cm³/mol. The summed E-state index contributed by atoms with van der Waals surface area (Å²) in [6.45, 7) is 2.06. The number of hydrogen-bond acceptors (Lipinski definition) is 2. The van der Waals surface area contributed by atoms with E-state index in [2.05, 4.69) is 47.2 Å². The molecule has 0 aliphatic heterocycles. The summed E-state index contributed by atoms with van der Waals surface area (Å²) in [7, 11) is 0. The van der Waals surface area contributed by atoms with Crippen molar-refractivity contribution in [3.05, 3.63) is 78.1 Å². The normalized spacial score (nSPS) is 10.9. The molecule has 4 nitrogen and oxygen atoms in total. The average Bonchev–Trinajstić information content (AvgIpc) is 3.07. The maximum atomic E-state index is 11.8. The SMILES string of the molecule is Cc1ccc(-c2cc3c(-c4cccnc4)ccc(C(N)=O)c3[nH]2)cc1. The van der Waals surface area contributed by atoms with E-state index >= 15 is 0 Å². The average molecular weight is 327 g/mol. The van der Waals surface area contributed by atoms with Gasteiger partial charge in [0.25, 0.3) is 5.91 Å². The van der Waals surface area contributed by atoms with Crippen LogP contribution < -0.4 is 5.73 Å². The molecule has 2 aromatic carbocycles. The molecule has 0 bridgehead atoms. The molecule has 0 saturated carbocycles. The minimum Gasteiger partial charge on any atom is -0.366 e. The molecule has 0 atom stereocenters. The highest BCUT2D eigenvalue weighted by Crippen LogP contribution is 2.34. The van der Waals surface area contributed by atoms with Crippen molar-refractivity contribution < 1.29 is 4.79 Å². The Hall–Kier alpha value is -3.40. The van der Waals surface area contributed by atoms with Gasteiger partial charge in [-0.2, -0.15) is 0 Å². The van der Waals surface area contributed by atoms with Gasteiger partial charge in [0.1, 0.15) is 0 Å². The van der Waals surface area contributed by atoms with E-state index in [1.54, 1.807) is 12.3 Å². The number of nitrogens with two attached hydrogens (primary N) is 1. The Labute approximate surface area is 145 Å². The third kappa shape index (κ3) is 2.68. The number of carbonyl (C=O) groups is 1. The van der Waals surface area contributed by atoms with Crippen molar-refractivity contribution in [2.24, 2.45) is 5.73 Å². The van der Waals surface area contributed by atoms with E-state index in [0.717, 1.165) is 33.3 Å². The van der Waals surface area contributed by atoms with Crippen LogP contribution in [0.25, 0.3) is 33.3 Å². The number of fused-ring (bicyclic) bond motifs is 1. The number of carbonyl (C=O) groups excluding carboxylic acids is 1. The maximum absolute atomic E-state index is 11.8. The van der Waals surface area contributed by atoms with E-state index in [9.17, 15) is 4.79 Å². The number of hydrogen-bond donors (Lipinski definition) is 2. The van der Waals surface area contributed by atoms with Crippen LogP contribution in [0.3, 0.4) is 0 Å². The maximum Gasteiger partial charge on any atom is 0.250 e. The molecule has 0 aliphatic rings. The van der Waals surface area contributed by atoms with Crippen LogP contribution in [-0.2, 0) is 0 Å². The van der Waals surface area contributed by atoms with Crippen LogP contribution in [0.2, 0.25) is 0 Å². The van der Waals surface area contributed by atoms with Gasteiger partial charge in [0.15, 0.2) is 0 Å². The van der Waals surface area contributed by atoms with E-state index in [1.807, 2.05) is 24.4 Å². The molecule has 4 rings (SSSR count). The van der Waals surface area contributed by atoms with Crippen molar-refractivity contribution in [1.82, 2.24) is 9.97 Å². The Bertz CT molecular complexity index is 1060. The van der Waals surface area contributed by atoms with E-state index in [4.69, 9.17) is 5.73 Å². The lowest BCUT2D eigenvalue weighted by Gasteiger charge is -2.05. The third-order valence-electron chi connectivity index (χ3n) is 4.39. The molecule has 122 valence electrons. The molecule has 1 amide bonds. The standard InChI is InChI=1S/C21H17N3O/c1-13-4-6-14(7-5-13)19-11-18-16(15-3-2-10-23-12-15)8-9-17(21(22)25)20(18)24-19/h2-12,24H,1H3,(H2,22,25). The number of aromatic nitrogens is 2. The molecule has 4 aromatic rings. The van der Waals surface area contributed by atoms with E-state index in [-0.39, 0.29) is 0 Å². The Morgan fingerprint density at radius 1 is 1.04 bits per heavy atom. The minimum absolute atomic E-state index is 0.444. The van der Waals surface area contributed by atoms with Gasteiger partial charge in [-0.05, 0) is 36.2 Å². The monoisotopic (exact) mass is 327 g/mol. The number of aryl methyl sites for hydroxylation is 1. The Kier molecular flexibility index (Phi) is 3.58. The molecule has 4 heteroatoms. The van der Waals surface area contributed by atoms with Crippen LogP contribution in [0.5, 0.6) is 0 Å².